The van der Waals surface area contributed by atoms with Gasteiger partial charge in [0.25, 0.3) is 5.56 Å². The number of aliphatic hydroxyl groups excluding tert-OH is 2. The Kier molecular flexibility index (Phi) is 3.05. The summed E-state index contributed by atoms with van der Waals surface area (Å²) < 4.78 is 6.26. The molecule has 3 N–H and O–H groups in total. The van der Waals surface area contributed by atoms with Crippen LogP contribution in [-0.4, -0.2) is 49.1 Å². The van der Waals surface area contributed by atoms with Gasteiger partial charge in [0.15, 0.2) is 6.23 Å². The zero-order valence-corrected chi connectivity index (χ0v) is 10.8. The number of hydrogen-bond donors (Lipinski definition) is 3. The van der Waals surface area contributed by atoms with Crippen LogP contribution in [0.1, 0.15) is 12.6 Å². The second-order valence-corrected chi connectivity index (χ2v) is 6.18. The summed E-state index contributed by atoms with van der Waals surface area (Å²) in [6, 6.07) is 1.24. The van der Waals surface area contributed by atoms with Crippen LogP contribution in [0.2, 0.25) is 0 Å². The van der Waals surface area contributed by atoms with Crippen LogP contribution >= 0.6 is 11.8 Å². The molecule has 7 nitrogen and oxygen atoms in total. The number of hydrogen-bond acceptors (Lipinski definition) is 6. The minimum Gasteiger partial charge on any atom is -0.394 e. The lowest BCUT2D eigenvalue weighted by Gasteiger charge is -2.43. The SMILES string of the molecule is O=c1ccn([C@@H]2O[C@H](CO)[C@@H](O)[C@]23CCS3)c(=O)[nH]1. The average molecular weight is 286 g/mol. The second kappa shape index (κ2) is 4.48. The molecule has 104 valence electrons. The summed E-state index contributed by atoms with van der Waals surface area (Å²) in [6.07, 6.45) is -0.163. The monoisotopic (exact) mass is 286 g/mol. The highest BCUT2D eigenvalue weighted by Gasteiger charge is 2.60. The maximum absolute atomic E-state index is 11.8. The van der Waals surface area contributed by atoms with Crippen molar-refractivity contribution in [2.75, 3.05) is 12.4 Å². The van der Waals surface area contributed by atoms with Crippen molar-refractivity contribution in [3.05, 3.63) is 33.1 Å². The molecule has 3 heterocycles. The smallest absolute Gasteiger partial charge is 0.330 e. The van der Waals surface area contributed by atoms with Gasteiger partial charge in [0.2, 0.25) is 0 Å². The van der Waals surface area contributed by atoms with E-state index in [0.29, 0.717) is 6.42 Å². The molecule has 2 aliphatic heterocycles. The van der Waals surface area contributed by atoms with Crippen LogP contribution in [0.4, 0.5) is 0 Å². The molecule has 0 saturated carbocycles. The first-order valence-corrected chi connectivity index (χ1v) is 6.97. The van der Waals surface area contributed by atoms with E-state index in [2.05, 4.69) is 4.98 Å². The molecule has 8 heteroatoms. The van der Waals surface area contributed by atoms with Crippen LogP contribution in [0.15, 0.2) is 21.9 Å². The largest absolute Gasteiger partial charge is 0.394 e. The summed E-state index contributed by atoms with van der Waals surface area (Å²) in [5.74, 6) is 0.868. The van der Waals surface area contributed by atoms with Gasteiger partial charge in [-0.25, -0.2) is 4.79 Å². The minimum atomic E-state index is -0.833. The van der Waals surface area contributed by atoms with Gasteiger partial charge in [-0.2, -0.15) is 0 Å². The van der Waals surface area contributed by atoms with E-state index in [1.54, 1.807) is 0 Å². The molecular weight excluding hydrogens is 272 g/mol. The topological polar surface area (TPSA) is 105 Å². The molecule has 1 aromatic rings. The maximum Gasteiger partial charge on any atom is 0.330 e. The van der Waals surface area contributed by atoms with E-state index >= 15 is 0 Å². The van der Waals surface area contributed by atoms with E-state index in [4.69, 9.17) is 4.74 Å². The Morgan fingerprint density at radius 2 is 2.32 bits per heavy atom. The van der Waals surface area contributed by atoms with Gasteiger partial charge in [-0.3, -0.25) is 14.3 Å². The molecular formula is C11H14N2O5S. The highest BCUT2D eigenvalue weighted by Crippen LogP contribution is 2.56. The summed E-state index contributed by atoms with van der Waals surface area (Å²) in [5, 5.41) is 19.5. The molecule has 1 aromatic heterocycles. The molecule has 0 aliphatic carbocycles. The summed E-state index contributed by atoms with van der Waals surface area (Å²) in [7, 11) is 0. The Morgan fingerprint density at radius 1 is 1.58 bits per heavy atom. The number of nitrogens with zero attached hydrogens (tertiary/aromatic N) is 1. The molecule has 2 saturated heterocycles. The Morgan fingerprint density at radius 3 is 2.84 bits per heavy atom. The quantitative estimate of drug-likeness (QED) is 0.622. The number of aromatic amines is 1. The van der Waals surface area contributed by atoms with Crippen LogP contribution in [0.3, 0.4) is 0 Å². The Balaban J connectivity index is 2.04. The van der Waals surface area contributed by atoms with Crippen molar-refractivity contribution in [1.82, 2.24) is 9.55 Å². The number of H-pyrrole nitrogens is 1. The zero-order chi connectivity index (χ0) is 13.6. The van der Waals surface area contributed by atoms with Crippen LogP contribution in [0, 0.1) is 0 Å². The molecule has 2 fully saturated rings. The third-order valence-corrected chi connectivity index (χ3v) is 5.31. The van der Waals surface area contributed by atoms with Gasteiger partial charge in [-0.05, 0) is 12.2 Å². The van der Waals surface area contributed by atoms with Crippen molar-refractivity contribution in [2.45, 2.75) is 29.6 Å². The molecule has 1 spiro atoms. The van der Waals surface area contributed by atoms with Crippen LogP contribution in [0.5, 0.6) is 0 Å². The number of nitrogens with one attached hydrogen (secondary N) is 1. The second-order valence-electron chi connectivity index (χ2n) is 4.73. The molecule has 3 rings (SSSR count). The first kappa shape index (κ1) is 12.9. The number of aromatic nitrogens is 2. The highest BCUT2D eigenvalue weighted by atomic mass is 32.2. The zero-order valence-electron chi connectivity index (χ0n) is 9.98. The van der Waals surface area contributed by atoms with E-state index < -0.39 is 34.4 Å². The van der Waals surface area contributed by atoms with Gasteiger partial charge in [-0.15, -0.1) is 11.8 Å². The third-order valence-electron chi connectivity index (χ3n) is 3.72. The van der Waals surface area contributed by atoms with Crippen molar-refractivity contribution in [2.24, 2.45) is 0 Å². The summed E-state index contributed by atoms with van der Waals surface area (Å²) >= 11 is 1.52. The molecule has 0 amide bonds. The molecule has 0 radical (unpaired) electrons. The summed E-state index contributed by atoms with van der Waals surface area (Å²) in [4.78, 5) is 25.1. The third kappa shape index (κ3) is 1.78. The van der Waals surface area contributed by atoms with Crippen molar-refractivity contribution >= 4 is 11.8 Å². The van der Waals surface area contributed by atoms with E-state index in [1.807, 2.05) is 0 Å². The van der Waals surface area contributed by atoms with Gasteiger partial charge in [-0.1, -0.05) is 0 Å². The van der Waals surface area contributed by atoms with Gasteiger partial charge in [0.05, 0.1) is 11.4 Å². The number of ether oxygens (including phenoxy) is 1. The first-order chi connectivity index (χ1) is 9.08. The van der Waals surface area contributed by atoms with E-state index in [9.17, 15) is 19.8 Å². The highest BCUT2D eigenvalue weighted by molar-refractivity contribution is 8.02. The van der Waals surface area contributed by atoms with E-state index in [0.717, 1.165) is 5.75 Å². The lowest BCUT2D eigenvalue weighted by atomic mass is 9.94. The fourth-order valence-corrected chi connectivity index (χ4v) is 3.95. The number of aliphatic hydroxyl groups is 2. The predicted octanol–water partition coefficient (Wildman–Crippen LogP) is -1.34. The van der Waals surface area contributed by atoms with Crippen molar-refractivity contribution in [1.29, 1.82) is 0 Å². The normalized spacial score (nSPS) is 37.5. The van der Waals surface area contributed by atoms with Gasteiger partial charge in [0, 0.05) is 12.3 Å². The van der Waals surface area contributed by atoms with Crippen LogP contribution in [0.25, 0.3) is 0 Å². The molecule has 2 aliphatic rings. The van der Waals surface area contributed by atoms with Gasteiger partial charge in [0.1, 0.15) is 12.2 Å². The van der Waals surface area contributed by atoms with Crippen LogP contribution < -0.4 is 11.2 Å². The van der Waals surface area contributed by atoms with Gasteiger partial charge < -0.3 is 14.9 Å². The molecule has 0 unspecified atom stereocenters. The van der Waals surface area contributed by atoms with Gasteiger partial charge >= 0.3 is 5.69 Å². The number of thioether (sulfide) groups is 1. The standard InChI is InChI=1S/C11H14N2O5S/c14-5-6-8(16)11(2-4-19-11)9(18-6)13-3-1-7(15)12-10(13)17/h1,3,6,8-9,14,16H,2,4-5H2,(H,12,15,17)/t6-,8-,9-,11-/m1/s1. The van der Waals surface area contributed by atoms with Crippen molar-refractivity contribution in [3.63, 3.8) is 0 Å². The lowest BCUT2D eigenvalue weighted by molar-refractivity contribution is -0.0474. The molecule has 0 aromatic carbocycles. The Hall–Kier alpha value is -1.09. The Bertz CT molecular complexity index is 593. The average Bonchev–Trinajstić information content (AvgIpc) is 2.62. The summed E-state index contributed by atoms with van der Waals surface area (Å²) in [6.45, 7) is -0.307. The molecule has 19 heavy (non-hydrogen) atoms. The number of rotatable bonds is 2. The Labute approximate surface area is 112 Å². The minimum absolute atomic E-state index is 0.307. The summed E-state index contributed by atoms with van der Waals surface area (Å²) in [5.41, 5.74) is -1.05. The first-order valence-electron chi connectivity index (χ1n) is 5.98. The lowest BCUT2D eigenvalue weighted by Crippen LogP contribution is -2.51. The molecule has 0 bridgehead atoms. The van der Waals surface area contributed by atoms with E-state index in [-0.39, 0.29) is 6.61 Å². The van der Waals surface area contributed by atoms with Crippen LogP contribution in [-0.2, 0) is 4.74 Å². The van der Waals surface area contributed by atoms with E-state index in [1.165, 1.54) is 28.6 Å². The van der Waals surface area contributed by atoms with Crippen molar-refractivity contribution < 1.29 is 14.9 Å². The van der Waals surface area contributed by atoms with Crippen molar-refractivity contribution in [3.8, 4) is 0 Å². The predicted molar refractivity (Wildman–Crippen MR) is 68.1 cm³/mol. The maximum atomic E-state index is 11.8. The fraction of sp³-hybridized carbons (Fsp3) is 0.636. The fourth-order valence-electron chi connectivity index (χ4n) is 2.64. The molecule has 4 atom stereocenters.